The minimum absolute atomic E-state index is 0.00715. The SMILES string of the molecule is CC(=O)N(C)CCCOC(=O)N(CCCc1ccccc1)[C@@H](C)c1ccc(Br)cc1. The summed E-state index contributed by atoms with van der Waals surface area (Å²) < 4.78 is 6.55. The Morgan fingerprint density at radius 2 is 1.67 bits per heavy atom. The molecule has 2 rings (SSSR count). The Hall–Kier alpha value is -2.34. The molecule has 5 nitrogen and oxygen atoms in total. The van der Waals surface area contributed by atoms with Crippen LogP contribution in [0, 0.1) is 0 Å². The molecule has 30 heavy (non-hydrogen) atoms. The van der Waals surface area contributed by atoms with Crippen molar-refractivity contribution < 1.29 is 14.3 Å². The molecule has 0 bridgehead atoms. The van der Waals surface area contributed by atoms with Crippen molar-refractivity contribution in [1.82, 2.24) is 9.80 Å². The topological polar surface area (TPSA) is 49.9 Å². The summed E-state index contributed by atoms with van der Waals surface area (Å²) in [6, 6.07) is 18.2. The highest BCUT2D eigenvalue weighted by Gasteiger charge is 2.22. The highest BCUT2D eigenvalue weighted by molar-refractivity contribution is 9.10. The molecule has 0 aromatic heterocycles. The quantitative estimate of drug-likeness (QED) is 0.430. The maximum Gasteiger partial charge on any atom is 0.410 e. The highest BCUT2D eigenvalue weighted by Crippen LogP contribution is 2.23. The Labute approximate surface area is 188 Å². The average molecular weight is 475 g/mol. The van der Waals surface area contributed by atoms with E-state index in [1.165, 1.54) is 12.5 Å². The second-order valence-electron chi connectivity index (χ2n) is 7.42. The first kappa shape index (κ1) is 23.9. The van der Waals surface area contributed by atoms with Gasteiger partial charge >= 0.3 is 6.09 Å². The van der Waals surface area contributed by atoms with E-state index in [0.717, 1.165) is 22.9 Å². The van der Waals surface area contributed by atoms with E-state index in [-0.39, 0.29) is 18.0 Å². The van der Waals surface area contributed by atoms with Gasteiger partial charge in [0.2, 0.25) is 5.91 Å². The molecule has 0 aliphatic heterocycles. The largest absolute Gasteiger partial charge is 0.449 e. The molecule has 6 heteroatoms. The second kappa shape index (κ2) is 12.4. The summed E-state index contributed by atoms with van der Waals surface area (Å²) in [7, 11) is 1.75. The van der Waals surface area contributed by atoms with Crippen LogP contribution in [0.3, 0.4) is 0 Å². The third kappa shape index (κ3) is 7.82. The molecule has 0 saturated carbocycles. The zero-order chi connectivity index (χ0) is 21.9. The van der Waals surface area contributed by atoms with Gasteiger partial charge in [-0.3, -0.25) is 4.79 Å². The molecule has 0 aliphatic rings. The predicted molar refractivity (Wildman–Crippen MR) is 123 cm³/mol. The summed E-state index contributed by atoms with van der Waals surface area (Å²) in [6.45, 7) is 5.02. The van der Waals surface area contributed by atoms with E-state index in [1.54, 1.807) is 16.8 Å². The summed E-state index contributed by atoms with van der Waals surface area (Å²) >= 11 is 3.46. The van der Waals surface area contributed by atoms with E-state index in [2.05, 4.69) is 28.1 Å². The van der Waals surface area contributed by atoms with Gasteiger partial charge in [0.25, 0.3) is 0 Å². The predicted octanol–water partition coefficient (Wildman–Crippen LogP) is 5.45. The molecule has 1 atom stereocenters. The molecule has 162 valence electrons. The van der Waals surface area contributed by atoms with E-state index in [9.17, 15) is 9.59 Å². The molecule has 0 unspecified atom stereocenters. The molecule has 0 spiro atoms. The number of hydrogen-bond donors (Lipinski definition) is 0. The minimum Gasteiger partial charge on any atom is -0.449 e. The molecule has 0 N–H and O–H groups in total. The standard InChI is InChI=1S/C24H31BrN2O3/c1-19(22-12-14-23(25)15-13-22)27(17-7-11-21-9-5-4-6-10-21)24(29)30-18-8-16-26(3)20(2)28/h4-6,9-10,12-15,19H,7-8,11,16-18H2,1-3H3/t19-/m0/s1. The van der Waals surface area contributed by atoms with Crippen LogP contribution in [0.4, 0.5) is 4.79 Å². The molecular formula is C24H31BrN2O3. The molecule has 0 heterocycles. The number of ether oxygens (including phenoxy) is 1. The Morgan fingerprint density at radius 3 is 2.30 bits per heavy atom. The first-order chi connectivity index (χ1) is 14.4. The lowest BCUT2D eigenvalue weighted by molar-refractivity contribution is -0.127. The van der Waals surface area contributed by atoms with Gasteiger partial charge in [0.05, 0.1) is 12.6 Å². The molecule has 2 aromatic rings. The van der Waals surface area contributed by atoms with Crippen LogP contribution in [-0.2, 0) is 16.0 Å². The van der Waals surface area contributed by atoms with Crippen LogP contribution in [0.1, 0.15) is 43.9 Å². The van der Waals surface area contributed by atoms with Crippen LogP contribution >= 0.6 is 15.9 Å². The fourth-order valence-electron chi connectivity index (χ4n) is 3.16. The monoisotopic (exact) mass is 474 g/mol. The number of halogens is 1. The molecule has 0 fully saturated rings. The normalized spacial score (nSPS) is 11.6. The molecule has 0 saturated heterocycles. The number of hydrogen-bond acceptors (Lipinski definition) is 3. The molecule has 2 aromatic carbocycles. The third-order valence-corrected chi connectivity index (χ3v) is 5.69. The first-order valence-electron chi connectivity index (χ1n) is 10.3. The van der Waals surface area contributed by atoms with Crippen molar-refractivity contribution in [3.63, 3.8) is 0 Å². The van der Waals surface area contributed by atoms with Crippen molar-refractivity contribution >= 4 is 27.9 Å². The van der Waals surface area contributed by atoms with E-state index in [0.29, 0.717) is 26.1 Å². The van der Waals surface area contributed by atoms with E-state index in [1.807, 2.05) is 49.4 Å². The van der Waals surface area contributed by atoms with Gasteiger partial charge in [-0.15, -0.1) is 0 Å². The Morgan fingerprint density at radius 1 is 1.00 bits per heavy atom. The lowest BCUT2D eigenvalue weighted by Gasteiger charge is -2.29. The van der Waals surface area contributed by atoms with Crippen LogP contribution in [0.5, 0.6) is 0 Å². The molecule has 2 amide bonds. The Balaban J connectivity index is 1.97. The zero-order valence-electron chi connectivity index (χ0n) is 18.0. The maximum absolute atomic E-state index is 12.9. The van der Waals surface area contributed by atoms with Crippen molar-refractivity contribution in [3.05, 3.63) is 70.2 Å². The summed E-state index contributed by atoms with van der Waals surface area (Å²) in [6.07, 6.45) is 2.06. The number of benzene rings is 2. The molecule has 0 aliphatic carbocycles. The van der Waals surface area contributed by atoms with Gasteiger partial charge in [0, 0.05) is 31.5 Å². The van der Waals surface area contributed by atoms with Gasteiger partial charge < -0.3 is 14.5 Å². The van der Waals surface area contributed by atoms with Gasteiger partial charge in [-0.25, -0.2) is 4.79 Å². The smallest absolute Gasteiger partial charge is 0.410 e. The van der Waals surface area contributed by atoms with Gasteiger partial charge in [-0.1, -0.05) is 58.4 Å². The molecular weight excluding hydrogens is 444 g/mol. The van der Waals surface area contributed by atoms with Crippen molar-refractivity contribution in [2.75, 3.05) is 26.7 Å². The summed E-state index contributed by atoms with van der Waals surface area (Å²) in [5, 5.41) is 0. The minimum atomic E-state index is -0.316. The Kier molecular flexibility index (Phi) is 9.87. The van der Waals surface area contributed by atoms with Crippen LogP contribution in [0.2, 0.25) is 0 Å². The number of rotatable bonds is 10. The fourth-order valence-corrected chi connectivity index (χ4v) is 3.43. The van der Waals surface area contributed by atoms with Crippen molar-refractivity contribution in [2.45, 2.75) is 39.2 Å². The van der Waals surface area contributed by atoms with Crippen molar-refractivity contribution in [1.29, 1.82) is 0 Å². The van der Waals surface area contributed by atoms with E-state index in [4.69, 9.17) is 4.74 Å². The van der Waals surface area contributed by atoms with Crippen LogP contribution in [0.15, 0.2) is 59.1 Å². The maximum atomic E-state index is 12.9. The van der Waals surface area contributed by atoms with Crippen LogP contribution in [0.25, 0.3) is 0 Å². The summed E-state index contributed by atoms with van der Waals surface area (Å²) in [5.74, 6) is 0.00715. The van der Waals surface area contributed by atoms with Gasteiger partial charge in [-0.2, -0.15) is 0 Å². The van der Waals surface area contributed by atoms with E-state index >= 15 is 0 Å². The lowest BCUT2D eigenvalue weighted by atomic mass is 10.1. The van der Waals surface area contributed by atoms with Crippen molar-refractivity contribution in [3.8, 4) is 0 Å². The number of carbonyl (C=O) groups is 2. The van der Waals surface area contributed by atoms with Crippen molar-refractivity contribution in [2.24, 2.45) is 0 Å². The Bertz CT molecular complexity index is 796. The molecule has 0 radical (unpaired) electrons. The van der Waals surface area contributed by atoms with Crippen LogP contribution < -0.4 is 0 Å². The second-order valence-corrected chi connectivity index (χ2v) is 8.33. The number of aryl methyl sites for hydroxylation is 1. The van der Waals surface area contributed by atoms with Gasteiger partial charge in [0.15, 0.2) is 0 Å². The van der Waals surface area contributed by atoms with Crippen LogP contribution in [-0.4, -0.2) is 48.5 Å². The summed E-state index contributed by atoms with van der Waals surface area (Å²) in [4.78, 5) is 27.6. The van der Waals surface area contributed by atoms with Gasteiger partial charge in [-0.05, 0) is 49.4 Å². The van der Waals surface area contributed by atoms with Gasteiger partial charge in [0.1, 0.15) is 0 Å². The number of amides is 2. The highest BCUT2D eigenvalue weighted by atomic mass is 79.9. The average Bonchev–Trinajstić information content (AvgIpc) is 2.74. The lowest BCUT2D eigenvalue weighted by Crippen LogP contribution is -2.36. The number of carbonyl (C=O) groups excluding carboxylic acids is 2. The third-order valence-electron chi connectivity index (χ3n) is 5.16. The summed E-state index contributed by atoms with van der Waals surface area (Å²) in [5.41, 5.74) is 2.32. The zero-order valence-corrected chi connectivity index (χ0v) is 19.6. The van der Waals surface area contributed by atoms with E-state index < -0.39 is 0 Å². The first-order valence-corrected chi connectivity index (χ1v) is 11.1. The fraction of sp³-hybridized carbons (Fsp3) is 0.417. The number of nitrogens with zero attached hydrogens (tertiary/aromatic N) is 2.